The highest BCUT2D eigenvalue weighted by Crippen LogP contribution is 2.28. The highest BCUT2D eigenvalue weighted by molar-refractivity contribution is 5.98. The topological polar surface area (TPSA) is 64.3 Å². The van der Waals surface area contributed by atoms with E-state index in [4.69, 9.17) is 10.5 Å². The van der Waals surface area contributed by atoms with E-state index in [2.05, 4.69) is 5.32 Å². The van der Waals surface area contributed by atoms with Crippen molar-refractivity contribution in [2.24, 2.45) is 0 Å². The molecule has 0 fully saturated rings. The number of carbonyl (C=O) groups excluding carboxylic acids is 1. The summed E-state index contributed by atoms with van der Waals surface area (Å²) in [6.45, 7) is 0. The van der Waals surface area contributed by atoms with Crippen LogP contribution >= 0.6 is 0 Å². The molecular weight excluding hydrogens is 312 g/mol. The van der Waals surface area contributed by atoms with E-state index in [-0.39, 0.29) is 5.91 Å². The Kier molecular flexibility index (Phi) is 5.00. The van der Waals surface area contributed by atoms with Crippen LogP contribution in [0.3, 0.4) is 0 Å². The first kappa shape index (κ1) is 16.6. The van der Waals surface area contributed by atoms with Gasteiger partial charge in [-0.25, -0.2) is 0 Å². The largest absolute Gasteiger partial charge is 0.495 e. The van der Waals surface area contributed by atoms with Crippen LogP contribution in [0.25, 0.3) is 0 Å². The Labute approximate surface area is 147 Å². The van der Waals surface area contributed by atoms with Crippen LogP contribution in [0.15, 0.2) is 78.9 Å². The van der Waals surface area contributed by atoms with Crippen molar-refractivity contribution in [3.8, 4) is 5.75 Å². The first-order chi connectivity index (χ1) is 12.2. The minimum atomic E-state index is -0.397. The Morgan fingerprint density at radius 1 is 0.920 bits per heavy atom. The third kappa shape index (κ3) is 3.80. The summed E-state index contributed by atoms with van der Waals surface area (Å²) in [6, 6.07) is 24.7. The second-order valence-corrected chi connectivity index (χ2v) is 5.70. The molecule has 4 heteroatoms. The SMILES string of the molecule is COc1ccc(NC(=O)C(c2ccccc2)c2ccccc2)cc1N. The van der Waals surface area contributed by atoms with Crippen LogP contribution in [-0.2, 0) is 4.79 Å². The number of benzene rings is 3. The van der Waals surface area contributed by atoms with Gasteiger partial charge in [-0.1, -0.05) is 60.7 Å². The predicted molar refractivity (Wildman–Crippen MR) is 101 cm³/mol. The van der Waals surface area contributed by atoms with Crippen molar-refractivity contribution in [2.45, 2.75) is 5.92 Å². The van der Waals surface area contributed by atoms with Crippen molar-refractivity contribution in [3.05, 3.63) is 90.0 Å². The highest BCUT2D eigenvalue weighted by atomic mass is 16.5. The van der Waals surface area contributed by atoms with Crippen molar-refractivity contribution >= 4 is 17.3 Å². The molecule has 0 aliphatic rings. The first-order valence-electron chi connectivity index (χ1n) is 8.03. The molecule has 3 aromatic rings. The van der Waals surface area contributed by atoms with E-state index in [0.717, 1.165) is 11.1 Å². The number of nitrogens with two attached hydrogens (primary N) is 1. The Morgan fingerprint density at radius 2 is 1.48 bits per heavy atom. The molecule has 1 amide bonds. The first-order valence-corrected chi connectivity index (χ1v) is 8.03. The minimum absolute atomic E-state index is 0.109. The second kappa shape index (κ2) is 7.53. The van der Waals surface area contributed by atoms with Gasteiger partial charge in [-0.15, -0.1) is 0 Å². The maximum Gasteiger partial charge on any atom is 0.236 e. The summed E-state index contributed by atoms with van der Waals surface area (Å²) in [4.78, 5) is 13.0. The van der Waals surface area contributed by atoms with Gasteiger partial charge < -0.3 is 15.8 Å². The molecule has 0 heterocycles. The van der Waals surface area contributed by atoms with Crippen LogP contribution in [0.1, 0.15) is 17.0 Å². The van der Waals surface area contributed by atoms with Gasteiger partial charge in [-0.3, -0.25) is 4.79 Å². The van der Waals surface area contributed by atoms with E-state index in [0.29, 0.717) is 17.1 Å². The lowest BCUT2D eigenvalue weighted by Gasteiger charge is -2.18. The molecule has 0 aliphatic heterocycles. The lowest BCUT2D eigenvalue weighted by Crippen LogP contribution is -2.22. The van der Waals surface area contributed by atoms with Crippen LogP contribution < -0.4 is 15.8 Å². The van der Waals surface area contributed by atoms with Crippen molar-refractivity contribution in [1.82, 2.24) is 0 Å². The van der Waals surface area contributed by atoms with E-state index < -0.39 is 5.92 Å². The third-order valence-corrected chi connectivity index (χ3v) is 4.03. The molecule has 0 bridgehead atoms. The normalized spacial score (nSPS) is 10.5. The molecular formula is C21H20N2O2. The molecule has 0 saturated heterocycles. The zero-order valence-corrected chi connectivity index (χ0v) is 14.0. The molecule has 3 rings (SSSR count). The van der Waals surface area contributed by atoms with Crippen LogP contribution in [0.5, 0.6) is 5.75 Å². The number of hydrogen-bond donors (Lipinski definition) is 2. The molecule has 0 aromatic heterocycles. The number of anilines is 2. The van der Waals surface area contributed by atoms with E-state index in [1.807, 2.05) is 60.7 Å². The van der Waals surface area contributed by atoms with Gasteiger partial charge in [0.15, 0.2) is 0 Å². The summed E-state index contributed by atoms with van der Waals surface area (Å²) >= 11 is 0. The molecule has 126 valence electrons. The Morgan fingerprint density at radius 3 is 1.96 bits per heavy atom. The lowest BCUT2D eigenvalue weighted by atomic mass is 9.90. The quantitative estimate of drug-likeness (QED) is 0.693. The van der Waals surface area contributed by atoms with E-state index in [9.17, 15) is 4.79 Å². The van der Waals surface area contributed by atoms with Gasteiger partial charge in [-0.2, -0.15) is 0 Å². The van der Waals surface area contributed by atoms with Crippen molar-refractivity contribution in [1.29, 1.82) is 0 Å². The Hall–Kier alpha value is -3.27. The maximum atomic E-state index is 13.0. The van der Waals surface area contributed by atoms with Crippen molar-refractivity contribution < 1.29 is 9.53 Å². The molecule has 0 saturated carbocycles. The lowest BCUT2D eigenvalue weighted by molar-refractivity contribution is -0.116. The molecule has 3 N–H and O–H groups in total. The van der Waals surface area contributed by atoms with Gasteiger partial charge in [0.1, 0.15) is 5.75 Å². The number of methoxy groups -OCH3 is 1. The average molecular weight is 332 g/mol. The fourth-order valence-electron chi connectivity index (χ4n) is 2.81. The number of carbonyl (C=O) groups is 1. The summed E-state index contributed by atoms with van der Waals surface area (Å²) in [5.41, 5.74) is 8.93. The number of nitrogens with one attached hydrogen (secondary N) is 1. The fourth-order valence-corrected chi connectivity index (χ4v) is 2.81. The third-order valence-electron chi connectivity index (χ3n) is 4.03. The number of nitrogen functional groups attached to an aromatic ring is 1. The second-order valence-electron chi connectivity index (χ2n) is 5.70. The van der Waals surface area contributed by atoms with Crippen molar-refractivity contribution in [3.63, 3.8) is 0 Å². The smallest absolute Gasteiger partial charge is 0.236 e. The number of hydrogen-bond acceptors (Lipinski definition) is 3. The zero-order chi connectivity index (χ0) is 17.6. The molecule has 0 aliphatic carbocycles. The molecule has 0 unspecified atom stereocenters. The van der Waals surface area contributed by atoms with Crippen LogP contribution in [0, 0.1) is 0 Å². The van der Waals surface area contributed by atoms with Gasteiger partial charge in [0, 0.05) is 5.69 Å². The Bertz CT molecular complexity index is 809. The maximum absolute atomic E-state index is 13.0. The van der Waals surface area contributed by atoms with Crippen LogP contribution in [-0.4, -0.2) is 13.0 Å². The monoisotopic (exact) mass is 332 g/mol. The van der Waals surface area contributed by atoms with Crippen molar-refractivity contribution in [2.75, 3.05) is 18.2 Å². The van der Waals surface area contributed by atoms with Gasteiger partial charge in [0.25, 0.3) is 0 Å². The zero-order valence-electron chi connectivity index (χ0n) is 14.0. The molecule has 3 aromatic carbocycles. The van der Waals surface area contributed by atoms with Gasteiger partial charge in [0.05, 0.1) is 18.7 Å². The summed E-state index contributed by atoms with van der Waals surface area (Å²) in [5, 5.41) is 2.96. The van der Waals surface area contributed by atoms with E-state index in [1.165, 1.54) is 0 Å². The van der Waals surface area contributed by atoms with E-state index in [1.54, 1.807) is 25.3 Å². The number of ether oxygens (including phenoxy) is 1. The average Bonchev–Trinajstić information content (AvgIpc) is 2.64. The van der Waals surface area contributed by atoms with Crippen LogP contribution in [0.2, 0.25) is 0 Å². The van der Waals surface area contributed by atoms with Crippen LogP contribution in [0.4, 0.5) is 11.4 Å². The molecule has 0 spiro atoms. The molecule has 4 nitrogen and oxygen atoms in total. The summed E-state index contributed by atoms with van der Waals surface area (Å²) in [7, 11) is 1.56. The highest BCUT2D eigenvalue weighted by Gasteiger charge is 2.22. The predicted octanol–water partition coefficient (Wildman–Crippen LogP) is 4.05. The van der Waals surface area contributed by atoms with Gasteiger partial charge in [-0.05, 0) is 29.3 Å². The molecule has 0 radical (unpaired) electrons. The van der Waals surface area contributed by atoms with E-state index >= 15 is 0 Å². The molecule has 0 atom stereocenters. The number of rotatable bonds is 5. The Balaban J connectivity index is 1.91. The fraction of sp³-hybridized carbons (Fsp3) is 0.0952. The standard InChI is InChI=1S/C21H20N2O2/c1-25-19-13-12-17(14-18(19)22)23-21(24)20(15-8-4-2-5-9-15)16-10-6-3-7-11-16/h2-14,20H,22H2,1H3,(H,23,24). The summed E-state index contributed by atoms with van der Waals surface area (Å²) < 4.78 is 5.15. The summed E-state index contributed by atoms with van der Waals surface area (Å²) in [6.07, 6.45) is 0. The molecule has 25 heavy (non-hydrogen) atoms. The summed E-state index contributed by atoms with van der Waals surface area (Å²) in [5.74, 6) is 0.0772. The number of amides is 1. The van der Waals surface area contributed by atoms with Gasteiger partial charge >= 0.3 is 0 Å². The minimum Gasteiger partial charge on any atom is -0.495 e. The van der Waals surface area contributed by atoms with Gasteiger partial charge in [0.2, 0.25) is 5.91 Å².